The van der Waals surface area contributed by atoms with E-state index in [2.05, 4.69) is 28.1 Å². The van der Waals surface area contributed by atoms with Gasteiger partial charge in [-0.1, -0.05) is 101 Å². The van der Waals surface area contributed by atoms with Gasteiger partial charge in [0.15, 0.2) is 5.78 Å². The third kappa shape index (κ3) is 3.18. The summed E-state index contributed by atoms with van der Waals surface area (Å²) < 4.78 is 0. The van der Waals surface area contributed by atoms with Crippen LogP contribution >= 0.6 is 15.9 Å². The van der Waals surface area contributed by atoms with Gasteiger partial charge in [-0.15, -0.1) is 0 Å². The molecule has 0 fully saturated rings. The molecule has 0 amide bonds. The zero-order valence-corrected chi connectivity index (χ0v) is 13.5. The van der Waals surface area contributed by atoms with Crippen LogP contribution in [0.25, 0.3) is 11.1 Å². The molecule has 0 heterocycles. The number of carbonyl (C=O) groups excluding carboxylic acids is 1. The van der Waals surface area contributed by atoms with Crippen LogP contribution in [0.3, 0.4) is 0 Å². The Labute approximate surface area is 138 Å². The molecule has 0 saturated heterocycles. The standard InChI is InChI=1S/C20H15BrO/c21-19(17-9-5-2-6-10-17)20(22)18-13-11-16(12-14-18)15-7-3-1-4-8-15/h1-14,19H. The van der Waals surface area contributed by atoms with Crippen molar-refractivity contribution in [2.24, 2.45) is 0 Å². The molecule has 0 bridgehead atoms. The minimum Gasteiger partial charge on any atom is -0.293 e. The van der Waals surface area contributed by atoms with Crippen molar-refractivity contribution >= 4 is 21.7 Å². The number of benzene rings is 3. The van der Waals surface area contributed by atoms with Crippen molar-refractivity contribution in [3.05, 3.63) is 96.1 Å². The zero-order valence-electron chi connectivity index (χ0n) is 11.9. The molecule has 1 atom stereocenters. The molecule has 108 valence electrons. The van der Waals surface area contributed by atoms with Crippen LogP contribution in [0.5, 0.6) is 0 Å². The SMILES string of the molecule is O=C(c1ccc(-c2ccccc2)cc1)C(Br)c1ccccc1. The number of rotatable bonds is 4. The smallest absolute Gasteiger partial charge is 0.180 e. The molecule has 1 unspecified atom stereocenters. The van der Waals surface area contributed by atoms with Gasteiger partial charge in [0.1, 0.15) is 4.83 Å². The lowest BCUT2D eigenvalue weighted by Gasteiger charge is -2.10. The second kappa shape index (κ2) is 6.71. The Kier molecular flexibility index (Phi) is 4.50. The van der Waals surface area contributed by atoms with E-state index in [-0.39, 0.29) is 10.6 Å². The van der Waals surface area contributed by atoms with Gasteiger partial charge in [-0.3, -0.25) is 4.79 Å². The van der Waals surface area contributed by atoms with Gasteiger partial charge in [-0.25, -0.2) is 0 Å². The Morgan fingerprint density at radius 2 is 1.18 bits per heavy atom. The van der Waals surface area contributed by atoms with Gasteiger partial charge in [-0.2, -0.15) is 0 Å². The highest BCUT2D eigenvalue weighted by molar-refractivity contribution is 9.09. The van der Waals surface area contributed by atoms with Crippen LogP contribution in [-0.2, 0) is 0 Å². The first-order valence-electron chi connectivity index (χ1n) is 7.14. The molecule has 0 aliphatic rings. The second-order valence-electron chi connectivity index (χ2n) is 5.08. The van der Waals surface area contributed by atoms with E-state index in [9.17, 15) is 4.79 Å². The number of hydrogen-bond acceptors (Lipinski definition) is 1. The maximum atomic E-state index is 12.5. The van der Waals surface area contributed by atoms with Crippen molar-refractivity contribution in [2.45, 2.75) is 4.83 Å². The van der Waals surface area contributed by atoms with Gasteiger partial charge >= 0.3 is 0 Å². The van der Waals surface area contributed by atoms with Crippen molar-refractivity contribution in [3.8, 4) is 11.1 Å². The third-order valence-corrected chi connectivity index (χ3v) is 4.54. The van der Waals surface area contributed by atoms with E-state index in [1.165, 1.54) is 0 Å². The van der Waals surface area contributed by atoms with Gasteiger partial charge in [0.25, 0.3) is 0 Å². The minimum atomic E-state index is -0.309. The molecule has 0 spiro atoms. The molecule has 3 aromatic carbocycles. The highest BCUT2D eigenvalue weighted by atomic mass is 79.9. The van der Waals surface area contributed by atoms with Crippen molar-refractivity contribution in [3.63, 3.8) is 0 Å². The largest absolute Gasteiger partial charge is 0.293 e. The van der Waals surface area contributed by atoms with E-state index in [1.54, 1.807) is 0 Å². The maximum absolute atomic E-state index is 12.5. The molecule has 0 saturated carbocycles. The fourth-order valence-corrected chi connectivity index (χ4v) is 2.95. The summed E-state index contributed by atoms with van der Waals surface area (Å²) in [6.45, 7) is 0. The Morgan fingerprint density at radius 1 is 0.682 bits per heavy atom. The summed E-state index contributed by atoms with van der Waals surface area (Å²) in [6, 6.07) is 27.7. The lowest BCUT2D eigenvalue weighted by molar-refractivity contribution is 0.0991. The predicted octanol–water partition coefficient (Wildman–Crippen LogP) is 5.67. The maximum Gasteiger partial charge on any atom is 0.180 e. The van der Waals surface area contributed by atoms with Gasteiger partial charge in [-0.05, 0) is 16.7 Å². The number of hydrogen-bond donors (Lipinski definition) is 0. The number of Topliss-reactive ketones (excluding diaryl/α,β-unsaturated/α-hetero) is 1. The first-order valence-corrected chi connectivity index (χ1v) is 8.06. The van der Waals surface area contributed by atoms with Crippen LogP contribution in [0, 0.1) is 0 Å². The summed E-state index contributed by atoms with van der Waals surface area (Å²) >= 11 is 3.50. The third-order valence-electron chi connectivity index (χ3n) is 3.60. The quantitative estimate of drug-likeness (QED) is 0.437. The predicted molar refractivity (Wildman–Crippen MR) is 94.3 cm³/mol. The van der Waals surface area contributed by atoms with E-state index in [1.807, 2.05) is 72.8 Å². The van der Waals surface area contributed by atoms with E-state index in [4.69, 9.17) is 0 Å². The zero-order chi connectivity index (χ0) is 15.4. The van der Waals surface area contributed by atoms with Gasteiger partial charge in [0.2, 0.25) is 0 Å². The monoisotopic (exact) mass is 350 g/mol. The molecule has 1 nitrogen and oxygen atoms in total. The van der Waals surface area contributed by atoms with Crippen LogP contribution in [0.1, 0.15) is 20.7 Å². The highest BCUT2D eigenvalue weighted by Crippen LogP contribution is 2.28. The molecule has 0 aliphatic heterocycles. The van der Waals surface area contributed by atoms with Gasteiger partial charge < -0.3 is 0 Å². The normalized spacial score (nSPS) is 11.9. The summed E-state index contributed by atoms with van der Waals surface area (Å²) in [6.07, 6.45) is 0. The van der Waals surface area contributed by atoms with E-state index >= 15 is 0 Å². The van der Waals surface area contributed by atoms with Crippen LogP contribution in [0.15, 0.2) is 84.9 Å². The summed E-state index contributed by atoms with van der Waals surface area (Å²) in [4.78, 5) is 12.2. The molecule has 0 aliphatic carbocycles. The average molecular weight is 351 g/mol. The van der Waals surface area contributed by atoms with Crippen molar-refractivity contribution < 1.29 is 4.79 Å². The Hall–Kier alpha value is -2.19. The molecule has 3 aromatic rings. The van der Waals surface area contributed by atoms with Crippen molar-refractivity contribution in [2.75, 3.05) is 0 Å². The van der Waals surface area contributed by atoms with Gasteiger partial charge in [0, 0.05) is 5.56 Å². The van der Waals surface area contributed by atoms with Crippen LogP contribution in [0.4, 0.5) is 0 Å². The average Bonchev–Trinajstić information content (AvgIpc) is 2.62. The number of carbonyl (C=O) groups is 1. The summed E-state index contributed by atoms with van der Waals surface area (Å²) in [7, 11) is 0. The number of halogens is 1. The molecule has 22 heavy (non-hydrogen) atoms. The fraction of sp³-hybridized carbons (Fsp3) is 0.0500. The molecule has 0 N–H and O–H groups in total. The Balaban J connectivity index is 1.82. The highest BCUT2D eigenvalue weighted by Gasteiger charge is 2.18. The second-order valence-corrected chi connectivity index (χ2v) is 6.00. The number of ketones is 1. The number of alkyl halides is 1. The topological polar surface area (TPSA) is 17.1 Å². The first kappa shape index (κ1) is 14.7. The summed E-state index contributed by atoms with van der Waals surface area (Å²) in [5.74, 6) is 0.0748. The van der Waals surface area contributed by atoms with Crippen LogP contribution < -0.4 is 0 Å². The van der Waals surface area contributed by atoms with Crippen LogP contribution in [-0.4, -0.2) is 5.78 Å². The minimum absolute atomic E-state index is 0.0748. The first-order chi connectivity index (χ1) is 10.8. The van der Waals surface area contributed by atoms with Crippen molar-refractivity contribution in [1.29, 1.82) is 0 Å². The molecule has 2 heteroatoms. The molecular weight excluding hydrogens is 336 g/mol. The lowest BCUT2D eigenvalue weighted by atomic mass is 9.99. The molecule has 0 radical (unpaired) electrons. The molecule has 3 rings (SSSR count). The van der Waals surface area contributed by atoms with Crippen molar-refractivity contribution in [1.82, 2.24) is 0 Å². The molecule has 0 aromatic heterocycles. The van der Waals surface area contributed by atoms with Gasteiger partial charge in [0.05, 0.1) is 0 Å². The van der Waals surface area contributed by atoms with E-state index < -0.39 is 0 Å². The van der Waals surface area contributed by atoms with E-state index in [0.29, 0.717) is 5.56 Å². The molecular formula is C20H15BrO. The van der Waals surface area contributed by atoms with E-state index in [0.717, 1.165) is 16.7 Å². The Bertz CT molecular complexity index is 749. The fourth-order valence-electron chi connectivity index (χ4n) is 2.38. The summed E-state index contributed by atoms with van der Waals surface area (Å²) in [5.41, 5.74) is 3.95. The summed E-state index contributed by atoms with van der Waals surface area (Å²) in [5, 5.41) is 0. The lowest BCUT2D eigenvalue weighted by Crippen LogP contribution is -2.06. The van der Waals surface area contributed by atoms with Crippen LogP contribution in [0.2, 0.25) is 0 Å². The Morgan fingerprint density at radius 3 is 1.77 bits per heavy atom.